The first-order valence-electron chi connectivity index (χ1n) is 5.27. The number of hydrogen-bond donors (Lipinski definition) is 2. The minimum atomic E-state index is 0.231. The number of rotatable bonds is 5. The molecular weight excluding hydrogens is 220 g/mol. The van der Waals surface area contributed by atoms with Crippen molar-refractivity contribution in [2.75, 3.05) is 0 Å². The van der Waals surface area contributed by atoms with Crippen LogP contribution in [-0.4, -0.2) is 9.78 Å². The van der Waals surface area contributed by atoms with E-state index in [1.54, 1.807) is 11.3 Å². The van der Waals surface area contributed by atoms with E-state index in [9.17, 15) is 0 Å². The molecule has 0 radical (unpaired) electrons. The average Bonchev–Trinajstić information content (AvgIpc) is 2.92. The Morgan fingerprint density at radius 2 is 2.44 bits per heavy atom. The van der Waals surface area contributed by atoms with Crippen LogP contribution in [0.4, 0.5) is 0 Å². The van der Waals surface area contributed by atoms with Crippen molar-refractivity contribution in [1.29, 1.82) is 0 Å². The Kier molecular flexibility index (Phi) is 3.71. The average molecular weight is 236 g/mol. The third-order valence-corrected chi connectivity index (χ3v) is 3.69. The van der Waals surface area contributed by atoms with Crippen LogP contribution in [0.15, 0.2) is 29.8 Å². The van der Waals surface area contributed by atoms with Gasteiger partial charge >= 0.3 is 0 Å². The van der Waals surface area contributed by atoms with Crippen molar-refractivity contribution in [3.63, 3.8) is 0 Å². The molecule has 2 aromatic heterocycles. The van der Waals surface area contributed by atoms with Crippen LogP contribution in [0.1, 0.15) is 23.0 Å². The Hall–Kier alpha value is -1.17. The van der Waals surface area contributed by atoms with Gasteiger partial charge in [-0.3, -0.25) is 16.0 Å². The van der Waals surface area contributed by atoms with Crippen LogP contribution in [-0.2, 0) is 13.5 Å². The van der Waals surface area contributed by atoms with E-state index in [1.165, 1.54) is 10.6 Å². The van der Waals surface area contributed by atoms with Gasteiger partial charge in [-0.25, -0.2) is 0 Å². The molecule has 4 nitrogen and oxygen atoms in total. The van der Waals surface area contributed by atoms with Gasteiger partial charge in [0.25, 0.3) is 0 Å². The normalized spacial score (nSPS) is 12.9. The minimum Gasteiger partial charge on any atom is -0.273 e. The zero-order chi connectivity index (χ0) is 11.4. The Morgan fingerprint density at radius 1 is 1.56 bits per heavy atom. The fourth-order valence-electron chi connectivity index (χ4n) is 1.74. The van der Waals surface area contributed by atoms with Crippen LogP contribution in [0.25, 0.3) is 0 Å². The summed E-state index contributed by atoms with van der Waals surface area (Å²) in [5, 5.41) is 6.22. The monoisotopic (exact) mass is 236 g/mol. The van der Waals surface area contributed by atoms with Crippen molar-refractivity contribution in [3.8, 4) is 0 Å². The third kappa shape index (κ3) is 2.49. The van der Waals surface area contributed by atoms with E-state index >= 15 is 0 Å². The SMILES string of the molecule is Cn1nccc1CCC(NN)c1cccs1. The summed E-state index contributed by atoms with van der Waals surface area (Å²) < 4.78 is 1.90. The first-order valence-corrected chi connectivity index (χ1v) is 6.15. The molecule has 1 unspecified atom stereocenters. The molecule has 5 heteroatoms. The molecule has 3 N–H and O–H groups in total. The summed E-state index contributed by atoms with van der Waals surface area (Å²) in [6, 6.07) is 6.43. The predicted octanol–water partition coefficient (Wildman–Crippen LogP) is 1.62. The van der Waals surface area contributed by atoms with Crippen molar-refractivity contribution in [2.45, 2.75) is 18.9 Å². The number of aromatic nitrogens is 2. The van der Waals surface area contributed by atoms with E-state index < -0.39 is 0 Å². The molecule has 0 aliphatic carbocycles. The molecule has 2 aromatic rings. The molecule has 0 bridgehead atoms. The lowest BCUT2D eigenvalue weighted by atomic mass is 10.1. The van der Waals surface area contributed by atoms with E-state index in [0.717, 1.165) is 12.8 Å². The second-order valence-electron chi connectivity index (χ2n) is 3.72. The Labute approximate surface area is 99.1 Å². The quantitative estimate of drug-likeness (QED) is 0.612. The highest BCUT2D eigenvalue weighted by molar-refractivity contribution is 7.10. The molecule has 2 heterocycles. The number of nitrogens with two attached hydrogens (primary N) is 1. The molecule has 1 atom stereocenters. The van der Waals surface area contributed by atoms with Crippen LogP contribution < -0.4 is 11.3 Å². The summed E-state index contributed by atoms with van der Waals surface area (Å²) in [5.41, 5.74) is 4.10. The van der Waals surface area contributed by atoms with Gasteiger partial charge < -0.3 is 0 Å². The summed E-state index contributed by atoms with van der Waals surface area (Å²) in [7, 11) is 1.96. The van der Waals surface area contributed by atoms with E-state index in [4.69, 9.17) is 5.84 Å². The van der Waals surface area contributed by atoms with Crippen LogP contribution in [0.2, 0.25) is 0 Å². The fraction of sp³-hybridized carbons (Fsp3) is 0.364. The van der Waals surface area contributed by atoms with Gasteiger partial charge in [-0.15, -0.1) is 11.3 Å². The van der Waals surface area contributed by atoms with Gasteiger partial charge in [0.2, 0.25) is 0 Å². The van der Waals surface area contributed by atoms with Crippen molar-refractivity contribution in [2.24, 2.45) is 12.9 Å². The Bertz CT molecular complexity index is 421. The molecule has 0 fully saturated rings. The van der Waals surface area contributed by atoms with Crippen LogP contribution in [0.5, 0.6) is 0 Å². The largest absolute Gasteiger partial charge is 0.273 e. The number of aryl methyl sites for hydroxylation is 2. The van der Waals surface area contributed by atoms with Gasteiger partial charge in [-0.2, -0.15) is 5.10 Å². The summed E-state index contributed by atoms with van der Waals surface area (Å²) in [6.45, 7) is 0. The van der Waals surface area contributed by atoms with Gasteiger partial charge in [0.15, 0.2) is 0 Å². The molecule has 0 aliphatic rings. The minimum absolute atomic E-state index is 0.231. The molecule has 0 spiro atoms. The first-order chi connectivity index (χ1) is 7.81. The molecule has 16 heavy (non-hydrogen) atoms. The number of nitrogens with one attached hydrogen (secondary N) is 1. The maximum atomic E-state index is 5.58. The second-order valence-corrected chi connectivity index (χ2v) is 4.70. The maximum absolute atomic E-state index is 5.58. The number of nitrogens with zero attached hydrogens (tertiary/aromatic N) is 2. The van der Waals surface area contributed by atoms with E-state index in [0.29, 0.717) is 0 Å². The molecule has 0 saturated heterocycles. The third-order valence-electron chi connectivity index (χ3n) is 2.70. The van der Waals surface area contributed by atoms with Gasteiger partial charge in [0, 0.05) is 23.8 Å². The van der Waals surface area contributed by atoms with Gasteiger partial charge in [0.05, 0.1) is 6.04 Å². The van der Waals surface area contributed by atoms with Crippen LogP contribution in [0.3, 0.4) is 0 Å². The van der Waals surface area contributed by atoms with Gasteiger partial charge in [-0.05, 0) is 30.4 Å². The highest BCUT2D eigenvalue weighted by Gasteiger charge is 2.11. The summed E-state index contributed by atoms with van der Waals surface area (Å²) in [5.74, 6) is 5.58. The predicted molar refractivity (Wildman–Crippen MR) is 65.9 cm³/mol. The molecule has 2 rings (SSSR count). The molecule has 0 amide bonds. The van der Waals surface area contributed by atoms with Crippen molar-refractivity contribution in [1.82, 2.24) is 15.2 Å². The number of thiophene rings is 1. The van der Waals surface area contributed by atoms with Crippen molar-refractivity contribution in [3.05, 3.63) is 40.3 Å². The van der Waals surface area contributed by atoms with E-state index in [-0.39, 0.29) is 6.04 Å². The fourth-order valence-corrected chi connectivity index (χ4v) is 2.56. The highest BCUT2D eigenvalue weighted by Crippen LogP contribution is 2.22. The van der Waals surface area contributed by atoms with Crippen LogP contribution >= 0.6 is 11.3 Å². The maximum Gasteiger partial charge on any atom is 0.0557 e. The lowest BCUT2D eigenvalue weighted by Gasteiger charge is -2.13. The van der Waals surface area contributed by atoms with E-state index in [1.807, 2.05) is 24.0 Å². The first kappa shape index (κ1) is 11.3. The summed E-state index contributed by atoms with van der Waals surface area (Å²) >= 11 is 1.73. The molecule has 0 aromatic carbocycles. The van der Waals surface area contributed by atoms with E-state index in [2.05, 4.69) is 28.0 Å². The van der Waals surface area contributed by atoms with Crippen LogP contribution in [0, 0.1) is 0 Å². The molecular formula is C11H16N4S. The van der Waals surface area contributed by atoms with Gasteiger partial charge in [-0.1, -0.05) is 6.07 Å². The molecule has 0 aliphatic heterocycles. The Morgan fingerprint density at radius 3 is 3.00 bits per heavy atom. The zero-order valence-electron chi connectivity index (χ0n) is 9.26. The number of hydrogen-bond acceptors (Lipinski definition) is 4. The van der Waals surface area contributed by atoms with Crippen molar-refractivity contribution >= 4 is 11.3 Å². The lowest BCUT2D eigenvalue weighted by molar-refractivity contribution is 0.514. The molecule has 0 saturated carbocycles. The highest BCUT2D eigenvalue weighted by atomic mass is 32.1. The zero-order valence-corrected chi connectivity index (χ0v) is 10.1. The Balaban J connectivity index is 1.96. The second kappa shape index (κ2) is 5.25. The lowest BCUT2D eigenvalue weighted by Crippen LogP contribution is -2.27. The molecule has 86 valence electrons. The van der Waals surface area contributed by atoms with Crippen molar-refractivity contribution < 1.29 is 0 Å². The smallest absolute Gasteiger partial charge is 0.0557 e. The summed E-state index contributed by atoms with van der Waals surface area (Å²) in [6.07, 6.45) is 3.78. The topological polar surface area (TPSA) is 55.9 Å². The van der Waals surface area contributed by atoms with Gasteiger partial charge in [0.1, 0.15) is 0 Å². The number of hydrazine groups is 1. The standard InChI is InChI=1S/C11H16N4S/c1-15-9(6-7-13-15)4-5-10(14-12)11-3-2-8-16-11/h2-3,6-8,10,14H,4-5,12H2,1H3. The summed E-state index contributed by atoms with van der Waals surface area (Å²) in [4.78, 5) is 1.28.